The summed E-state index contributed by atoms with van der Waals surface area (Å²) in [7, 11) is 5.99. The number of likely N-dealkylation sites (N-methyl/N-ethyl adjacent to an activating group) is 1. The van der Waals surface area contributed by atoms with Gasteiger partial charge in [-0.15, -0.1) is 0 Å². The summed E-state index contributed by atoms with van der Waals surface area (Å²) in [4.78, 5) is 37.8. The SMILES string of the molecule is CC/C=C\C/C=C\C/C=C\C/C=C\C/C=C\CCCCCCCCCCCCCCCCCCCCCCCC(=O)OC(COC(=O)CCCCCCCCCCCCCCCCCCCCCC/C=C\C/C=C\C/C=C\C/C=C\CC)COC(OCC[N+](C)(C)C)C(=O)O. The van der Waals surface area contributed by atoms with E-state index in [1.165, 1.54) is 238 Å². The number of carbonyl (C=O) groups is 3. The highest BCUT2D eigenvalue weighted by molar-refractivity contribution is 5.71. The van der Waals surface area contributed by atoms with Crippen molar-refractivity contribution >= 4 is 17.9 Å². The summed E-state index contributed by atoms with van der Waals surface area (Å²) < 4.78 is 23.1. The van der Waals surface area contributed by atoms with Crippen LogP contribution in [-0.4, -0.2) is 87.4 Å². The van der Waals surface area contributed by atoms with Gasteiger partial charge in [-0.1, -0.05) is 361 Å². The van der Waals surface area contributed by atoms with Gasteiger partial charge >= 0.3 is 17.9 Å². The first-order valence-corrected chi connectivity index (χ1v) is 40.1. The van der Waals surface area contributed by atoms with E-state index in [4.69, 9.17) is 18.9 Å². The summed E-state index contributed by atoms with van der Waals surface area (Å²) in [6.07, 6.45) is 104. The molecular weight excluding hydrogens is 1170 g/mol. The summed E-state index contributed by atoms with van der Waals surface area (Å²) >= 11 is 0. The lowest BCUT2D eigenvalue weighted by Crippen LogP contribution is -2.40. The lowest BCUT2D eigenvalue weighted by atomic mass is 10.0. The molecule has 1 N–H and O–H groups in total. The van der Waals surface area contributed by atoms with Crippen LogP contribution in [0.4, 0.5) is 0 Å². The molecule has 0 aliphatic carbocycles. The Balaban J connectivity index is 3.99. The van der Waals surface area contributed by atoms with Crippen molar-refractivity contribution < 1.29 is 42.9 Å². The number of hydrogen-bond acceptors (Lipinski definition) is 7. The third kappa shape index (κ3) is 77.2. The molecule has 0 aromatic heterocycles. The predicted octanol–water partition coefficient (Wildman–Crippen LogP) is 25.7. The zero-order valence-electron chi connectivity index (χ0n) is 62.8. The van der Waals surface area contributed by atoms with E-state index < -0.39 is 18.4 Å². The van der Waals surface area contributed by atoms with E-state index in [0.29, 0.717) is 17.4 Å². The van der Waals surface area contributed by atoms with Crippen LogP contribution >= 0.6 is 0 Å². The predicted molar refractivity (Wildman–Crippen MR) is 410 cm³/mol. The molecule has 0 aromatic rings. The molecule has 0 saturated carbocycles. The molecule has 0 spiro atoms. The molecule has 0 saturated heterocycles. The summed E-state index contributed by atoms with van der Waals surface area (Å²) in [5.74, 6) is -1.98. The largest absolute Gasteiger partial charge is 0.477 e. The molecule has 0 radical (unpaired) electrons. The van der Waals surface area contributed by atoms with Gasteiger partial charge in [0.1, 0.15) is 13.2 Å². The van der Waals surface area contributed by atoms with E-state index in [1.54, 1.807) is 0 Å². The number of unbranched alkanes of at least 4 members (excludes halogenated alkanes) is 41. The van der Waals surface area contributed by atoms with Crippen molar-refractivity contribution in [3.05, 3.63) is 109 Å². The molecule has 548 valence electrons. The zero-order chi connectivity index (χ0) is 69.0. The summed E-state index contributed by atoms with van der Waals surface area (Å²) in [5, 5.41) is 9.78. The molecule has 0 aliphatic heterocycles. The van der Waals surface area contributed by atoms with Crippen LogP contribution in [0.3, 0.4) is 0 Å². The average Bonchev–Trinajstić information content (AvgIpc) is 3.75. The van der Waals surface area contributed by atoms with E-state index in [2.05, 4.69) is 123 Å². The van der Waals surface area contributed by atoms with Crippen molar-refractivity contribution in [1.82, 2.24) is 0 Å². The first-order chi connectivity index (χ1) is 46.6. The Kier molecular flexibility index (Phi) is 72.5. The second kappa shape index (κ2) is 75.7. The maximum absolute atomic E-state index is 13.0. The lowest BCUT2D eigenvalue weighted by Gasteiger charge is -2.25. The van der Waals surface area contributed by atoms with Crippen LogP contribution in [0.5, 0.6) is 0 Å². The molecule has 0 rings (SSSR count). The molecule has 9 nitrogen and oxygen atoms in total. The molecule has 2 atom stereocenters. The van der Waals surface area contributed by atoms with Gasteiger partial charge in [0.15, 0.2) is 6.10 Å². The van der Waals surface area contributed by atoms with Crippen LogP contribution in [0.25, 0.3) is 0 Å². The van der Waals surface area contributed by atoms with Crippen LogP contribution in [0.1, 0.15) is 361 Å². The number of allylic oxidation sites excluding steroid dienone is 18. The fraction of sp³-hybridized carbons (Fsp3) is 0.756. The summed E-state index contributed by atoms with van der Waals surface area (Å²) in [6.45, 7) is 4.70. The molecule has 0 bridgehead atoms. The van der Waals surface area contributed by atoms with Gasteiger partial charge in [0.2, 0.25) is 0 Å². The Bertz CT molecular complexity index is 1930. The van der Waals surface area contributed by atoms with E-state index in [1.807, 2.05) is 21.1 Å². The van der Waals surface area contributed by atoms with Crippen molar-refractivity contribution in [2.75, 3.05) is 47.5 Å². The number of carbonyl (C=O) groups excluding carboxylic acids is 2. The minimum atomic E-state index is -1.51. The Morgan fingerprint density at radius 3 is 0.842 bits per heavy atom. The van der Waals surface area contributed by atoms with Gasteiger partial charge in [-0.25, -0.2) is 4.79 Å². The van der Waals surface area contributed by atoms with Crippen molar-refractivity contribution in [1.29, 1.82) is 0 Å². The van der Waals surface area contributed by atoms with E-state index in [9.17, 15) is 19.5 Å². The van der Waals surface area contributed by atoms with Gasteiger partial charge < -0.3 is 28.5 Å². The minimum absolute atomic E-state index is 0.180. The molecule has 2 unspecified atom stereocenters. The van der Waals surface area contributed by atoms with Crippen molar-refractivity contribution in [3.63, 3.8) is 0 Å². The highest BCUT2D eigenvalue weighted by atomic mass is 16.7. The van der Waals surface area contributed by atoms with Crippen LogP contribution in [0.2, 0.25) is 0 Å². The van der Waals surface area contributed by atoms with E-state index in [0.717, 1.165) is 96.3 Å². The molecule has 0 aliphatic rings. The number of carboxylic acid groups (broad SMARTS) is 1. The van der Waals surface area contributed by atoms with Crippen molar-refractivity contribution in [3.8, 4) is 0 Å². The first-order valence-electron chi connectivity index (χ1n) is 40.1. The monoisotopic (exact) mass is 1330 g/mol. The maximum Gasteiger partial charge on any atom is 0.361 e. The number of aliphatic carboxylic acids is 1. The number of nitrogens with zero attached hydrogens (tertiary/aromatic N) is 1. The van der Waals surface area contributed by atoms with Crippen LogP contribution < -0.4 is 0 Å². The minimum Gasteiger partial charge on any atom is -0.477 e. The average molecular weight is 1330 g/mol. The third-order valence-electron chi connectivity index (χ3n) is 17.5. The Morgan fingerprint density at radius 1 is 0.316 bits per heavy atom. The summed E-state index contributed by atoms with van der Waals surface area (Å²) in [5.41, 5.74) is 0. The number of carboxylic acids is 1. The highest BCUT2D eigenvalue weighted by Gasteiger charge is 2.25. The van der Waals surface area contributed by atoms with E-state index in [-0.39, 0.29) is 38.2 Å². The fourth-order valence-electron chi connectivity index (χ4n) is 11.5. The number of rotatable bonds is 74. The fourth-order valence-corrected chi connectivity index (χ4v) is 11.5. The number of ether oxygens (including phenoxy) is 4. The van der Waals surface area contributed by atoms with Gasteiger partial charge in [0.05, 0.1) is 34.4 Å². The molecule has 0 aromatic carbocycles. The smallest absolute Gasteiger partial charge is 0.361 e. The van der Waals surface area contributed by atoms with Gasteiger partial charge in [0, 0.05) is 12.8 Å². The standard InChI is InChI=1S/C86H151NO8/c1-6-8-10-12-14-16-18-20-22-24-26-28-30-32-34-36-38-40-41-42-43-45-47-49-51-53-55-57-59-61-63-65-67-69-71-73-75-77-84(89)95-82(81-94-86(85(90)91)92-79-78-87(3,4)5)80-93-83(88)76-74-72-70-68-66-64-62-60-58-56-54-52-50-48-46-44-39-37-35-33-31-29-27-25-23-21-19-17-15-13-11-9-7-2/h8-11,14-17,20-23,26-29,32,34,82,86H,6-7,12-13,18-19,24-25,30-31,33,35-81H2,1-5H3/p+1/b10-8-,11-9-,16-14-,17-15-,22-20-,23-21-,28-26-,29-27-,34-32-. The topological polar surface area (TPSA) is 108 Å². The Labute approximate surface area is 587 Å². The molecule has 95 heavy (non-hydrogen) atoms. The van der Waals surface area contributed by atoms with Crippen LogP contribution in [-0.2, 0) is 33.3 Å². The van der Waals surface area contributed by atoms with Gasteiger partial charge in [-0.3, -0.25) is 9.59 Å². The number of esters is 2. The normalized spacial score (nSPS) is 13.2. The second-order valence-electron chi connectivity index (χ2n) is 28.0. The molecule has 0 fully saturated rings. The third-order valence-corrected chi connectivity index (χ3v) is 17.5. The number of quaternary nitrogens is 1. The molecular formula is C86H152NO8+. The number of hydrogen-bond donors (Lipinski definition) is 1. The molecule has 0 amide bonds. The zero-order valence-corrected chi connectivity index (χ0v) is 62.8. The van der Waals surface area contributed by atoms with Crippen molar-refractivity contribution in [2.45, 2.75) is 373 Å². The Hall–Kier alpha value is -4.05. The molecule has 9 heteroatoms. The quantitative estimate of drug-likeness (QED) is 0.0211. The Morgan fingerprint density at radius 2 is 0.568 bits per heavy atom. The first kappa shape index (κ1) is 91.0. The van der Waals surface area contributed by atoms with Gasteiger partial charge in [0.25, 0.3) is 6.29 Å². The molecule has 0 heterocycles. The van der Waals surface area contributed by atoms with Gasteiger partial charge in [-0.05, 0) is 96.3 Å². The summed E-state index contributed by atoms with van der Waals surface area (Å²) in [6, 6.07) is 0. The lowest BCUT2D eigenvalue weighted by molar-refractivity contribution is -0.870. The van der Waals surface area contributed by atoms with E-state index >= 15 is 0 Å². The van der Waals surface area contributed by atoms with Gasteiger partial charge in [-0.2, -0.15) is 0 Å². The van der Waals surface area contributed by atoms with Crippen molar-refractivity contribution in [2.24, 2.45) is 0 Å². The van der Waals surface area contributed by atoms with Crippen LogP contribution in [0, 0.1) is 0 Å². The maximum atomic E-state index is 13.0. The second-order valence-corrected chi connectivity index (χ2v) is 28.0. The van der Waals surface area contributed by atoms with Crippen LogP contribution in [0.15, 0.2) is 109 Å². The highest BCUT2D eigenvalue weighted by Crippen LogP contribution is 2.19.